The summed E-state index contributed by atoms with van der Waals surface area (Å²) < 4.78 is 0. The zero-order valence-corrected chi connectivity index (χ0v) is 9.32. The molecule has 3 N–H and O–H groups in total. The third-order valence-corrected chi connectivity index (χ3v) is 2.72. The highest BCUT2D eigenvalue weighted by Gasteiger charge is 2.04. The Morgan fingerprint density at radius 2 is 2.06 bits per heavy atom. The van der Waals surface area contributed by atoms with Crippen LogP contribution in [0.1, 0.15) is 24.8 Å². The highest BCUT2D eigenvalue weighted by molar-refractivity contribution is 5.78. The molecule has 0 unspecified atom stereocenters. The van der Waals surface area contributed by atoms with E-state index in [4.69, 9.17) is 5.11 Å². The van der Waals surface area contributed by atoms with E-state index < -0.39 is 5.97 Å². The van der Waals surface area contributed by atoms with Crippen LogP contribution in [0.25, 0.3) is 11.0 Å². The number of aliphatic carboxylic acids is 1. The Bertz CT molecular complexity index is 583. The number of nitrogens with one attached hydrogen (secondary N) is 2. The molecule has 90 valence electrons. The van der Waals surface area contributed by atoms with Crippen LogP contribution < -0.4 is 5.69 Å². The van der Waals surface area contributed by atoms with Crippen LogP contribution in [0.4, 0.5) is 0 Å². The van der Waals surface area contributed by atoms with Crippen molar-refractivity contribution in [1.29, 1.82) is 0 Å². The molecule has 0 aliphatic rings. The number of hydrogen-bond donors (Lipinski definition) is 3. The SMILES string of the molecule is O=C(O)CCCCc1cccc2[nH]c(=O)[nH]c12. The number of carbonyl (C=O) groups is 1. The van der Waals surface area contributed by atoms with Gasteiger partial charge in [-0.2, -0.15) is 0 Å². The summed E-state index contributed by atoms with van der Waals surface area (Å²) in [6.07, 6.45) is 2.43. The normalized spacial score (nSPS) is 10.8. The molecule has 0 saturated carbocycles. The Morgan fingerprint density at radius 1 is 1.24 bits per heavy atom. The van der Waals surface area contributed by atoms with Gasteiger partial charge in [0.25, 0.3) is 0 Å². The third-order valence-electron chi connectivity index (χ3n) is 2.72. The van der Waals surface area contributed by atoms with Gasteiger partial charge in [-0.05, 0) is 30.9 Å². The predicted octanol–water partition coefficient (Wildman–Crippen LogP) is 1.65. The molecule has 5 heteroatoms. The fraction of sp³-hybridized carbons (Fsp3) is 0.333. The number of para-hydroxylation sites is 1. The molecule has 0 atom stereocenters. The topological polar surface area (TPSA) is 85.9 Å². The zero-order chi connectivity index (χ0) is 12.3. The third kappa shape index (κ3) is 2.75. The van der Waals surface area contributed by atoms with Gasteiger partial charge in [-0.25, -0.2) is 4.79 Å². The summed E-state index contributed by atoms with van der Waals surface area (Å²) in [6.45, 7) is 0. The lowest BCUT2D eigenvalue weighted by Crippen LogP contribution is -1.99. The number of hydrogen-bond acceptors (Lipinski definition) is 2. The summed E-state index contributed by atoms with van der Waals surface area (Å²) in [6, 6.07) is 5.68. The number of carboxylic acid groups (broad SMARTS) is 1. The highest BCUT2D eigenvalue weighted by Crippen LogP contribution is 2.15. The lowest BCUT2D eigenvalue weighted by atomic mass is 10.1. The Hall–Kier alpha value is -2.04. The molecular weight excluding hydrogens is 220 g/mol. The second-order valence-corrected chi connectivity index (χ2v) is 4.02. The molecule has 0 fully saturated rings. The Labute approximate surface area is 97.5 Å². The molecular formula is C12H14N2O3. The molecule has 0 saturated heterocycles. The molecule has 0 aliphatic heterocycles. The van der Waals surface area contributed by atoms with E-state index >= 15 is 0 Å². The first-order chi connectivity index (χ1) is 8.16. The number of H-pyrrole nitrogens is 2. The summed E-state index contributed by atoms with van der Waals surface area (Å²) in [4.78, 5) is 27.0. The van der Waals surface area contributed by atoms with Gasteiger partial charge in [0.2, 0.25) is 0 Å². The van der Waals surface area contributed by atoms with Crippen LogP contribution in [0, 0.1) is 0 Å². The average Bonchev–Trinajstić information content (AvgIpc) is 2.65. The number of unbranched alkanes of at least 4 members (excludes halogenated alkanes) is 1. The fourth-order valence-electron chi connectivity index (χ4n) is 1.92. The fourth-order valence-corrected chi connectivity index (χ4v) is 1.92. The van der Waals surface area contributed by atoms with E-state index in [0.717, 1.165) is 29.4 Å². The second-order valence-electron chi connectivity index (χ2n) is 4.02. The van der Waals surface area contributed by atoms with Crippen LogP contribution in [0.2, 0.25) is 0 Å². The van der Waals surface area contributed by atoms with Crippen LogP contribution in [0.3, 0.4) is 0 Å². The molecule has 5 nitrogen and oxygen atoms in total. The van der Waals surface area contributed by atoms with Crippen LogP contribution in [-0.2, 0) is 11.2 Å². The van der Waals surface area contributed by atoms with Crippen molar-refractivity contribution in [2.45, 2.75) is 25.7 Å². The van der Waals surface area contributed by atoms with E-state index in [1.807, 2.05) is 18.2 Å². The van der Waals surface area contributed by atoms with Gasteiger partial charge in [-0.15, -0.1) is 0 Å². The molecule has 0 spiro atoms. The van der Waals surface area contributed by atoms with Crippen LogP contribution >= 0.6 is 0 Å². The maximum atomic E-state index is 11.2. The van der Waals surface area contributed by atoms with E-state index in [0.29, 0.717) is 6.42 Å². The monoisotopic (exact) mass is 234 g/mol. The molecule has 0 radical (unpaired) electrons. The average molecular weight is 234 g/mol. The summed E-state index contributed by atoms with van der Waals surface area (Å²) in [7, 11) is 0. The summed E-state index contributed by atoms with van der Waals surface area (Å²) in [5.74, 6) is -0.765. The number of aromatic nitrogens is 2. The Morgan fingerprint density at radius 3 is 2.82 bits per heavy atom. The van der Waals surface area contributed by atoms with Gasteiger partial charge < -0.3 is 15.1 Å². The zero-order valence-electron chi connectivity index (χ0n) is 9.32. The summed E-state index contributed by atoms with van der Waals surface area (Å²) in [5, 5.41) is 8.53. The van der Waals surface area contributed by atoms with Crippen molar-refractivity contribution >= 4 is 17.0 Å². The molecule has 2 aromatic rings. The van der Waals surface area contributed by atoms with Gasteiger partial charge in [0.05, 0.1) is 11.0 Å². The van der Waals surface area contributed by atoms with Crippen molar-refractivity contribution in [1.82, 2.24) is 9.97 Å². The predicted molar refractivity (Wildman–Crippen MR) is 64.1 cm³/mol. The molecule has 17 heavy (non-hydrogen) atoms. The summed E-state index contributed by atoms with van der Waals surface area (Å²) in [5.41, 5.74) is 2.46. The first-order valence-corrected chi connectivity index (χ1v) is 5.58. The van der Waals surface area contributed by atoms with Crippen molar-refractivity contribution in [2.24, 2.45) is 0 Å². The minimum Gasteiger partial charge on any atom is -0.481 e. The van der Waals surface area contributed by atoms with Crippen LogP contribution in [0.5, 0.6) is 0 Å². The minimum absolute atomic E-state index is 0.194. The molecule has 1 aromatic heterocycles. The smallest absolute Gasteiger partial charge is 0.323 e. The molecule has 0 amide bonds. The van der Waals surface area contributed by atoms with Crippen LogP contribution in [-0.4, -0.2) is 21.0 Å². The van der Waals surface area contributed by atoms with Gasteiger partial charge in [-0.3, -0.25) is 4.79 Å². The van der Waals surface area contributed by atoms with Gasteiger partial charge >= 0.3 is 11.7 Å². The van der Waals surface area contributed by atoms with E-state index in [1.54, 1.807) is 0 Å². The van der Waals surface area contributed by atoms with Crippen molar-refractivity contribution in [3.8, 4) is 0 Å². The second kappa shape index (κ2) is 4.86. The number of aryl methyl sites for hydroxylation is 1. The minimum atomic E-state index is -0.765. The number of benzene rings is 1. The first kappa shape index (κ1) is 11.4. The number of rotatable bonds is 5. The van der Waals surface area contributed by atoms with Gasteiger partial charge in [-0.1, -0.05) is 12.1 Å². The maximum Gasteiger partial charge on any atom is 0.323 e. The van der Waals surface area contributed by atoms with Crippen molar-refractivity contribution < 1.29 is 9.90 Å². The quantitative estimate of drug-likeness (QED) is 0.687. The lowest BCUT2D eigenvalue weighted by molar-refractivity contribution is -0.137. The molecule has 2 rings (SSSR count). The Kier molecular flexibility index (Phi) is 3.27. The van der Waals surface area contributed by atoms with E-state index in [1.165, 1.54) is 0 Å². The largest absolute Gasteiger partial charge is 0.481 e. The van der Waals surface area contributed by atoms with E-state index in [9.17, 15) is 9.59 Å². The van der Waals surface area contributed by atoms with Crippen molar-refractivity contribution in [3.05, 3.63) is 34.2 Å². The number of aromatic amines is 2. The van der Waals surface area contributed by atoms with E-state index in [-0.39, 0.29) is 12.1 Å². The molecule has 1 aromatic carbocycles. The standard InChI is InChI=1S/C12H14N2O3/c15-10(16)7-2-1-4-8-5-3-6-9-11(8)14-12(17)13-9/h3,5-6H,1-2,4,7H2,(H,15,16)(H2,13,14,17). The maximum absolute atomic E-state index is 11.2. The number of fused-ring (bicyclic) bond motifs is 1. The summed E-state index contributed by atoms with van der Waals surface area (Å²) >= 11 is 0. The Balaban J connectivity index is 2.08. The number of carboxylic acids is 1. The first-order valence-electron chi connectivity index (χ1n) is 5.58. The van der Waals surface area contributed by atoms with Gasteiger partial charge in [0.15, 0.2) is 0 Å². The van der Waals surface area contributed by atoms with E-state index in [2.05, 4.69) is 9.97 Å². The van der Waals surface area contributed by atoms with Gasteiger partial charge in [0.1, 0.15) is 0 Å². The van der Waals surface area contributed by atoms with Gasteiger partial charge in [0, 0.05) is 6.42 Å². The molecule has 0 bridgehead atoms. The van der Waals surface area contributed by atoms with Crippen LogP contribution in [0.15, 0.2) is 23.0 Å². The highest BCUT2D eigenvalue weighted by atomic mass is 16.4. The molecule has 1 heterocycles. The van der Waals surface area contributed by atoms with Crippen molar-refractivity contribution in [2.75, 3.05) is 0 Å². The number of imidazole rings is 1. The molecule has 0 aliphatic carbocycles. The van der Waals surface area contributed by atoms with Crippen molar-refractivity contribution in [3.63, 3.8) is 0 Å². The lowest BCUT2D eigenvalue weighted by Gasteiger charge is -2.01.